The molecular formula is C16H22N4O. The van der Waals surface area contributed by atoms with E-state index < -0.39 is 0 Å². The first-order chi connectivity index (χ1) is 10.3. The Hall–Kier alpha value is -1.88. The molecule has 1 N–H and O–H groups in total. The minimum Gasteiger partial charge on any atom is -0.382 e. The van der Waals surface area contributed by atoms with Crippen LogP contribution in [0.15, 0.2) is 30.6 Å². The maximum Gasteiger partial charge on any atom is 0.165 e. The van der Waals surface area contributed by atoms with Crippen molar-refractivity contribution in [3.8, 4) is 11.4 Å². The average molecular weight is 286 g/mol. The molecule has 0 bridgehead atoms. The van der Waals surface area contributed by atoms with Gasteiger partial charge in [0.25, 0.3) is 0 Å². The zero-order valence-corrected chi connectivity index (χ0v) is 12.6. The number of rotatable bonds is 4. The van der Waals surface area contributed by atoms with Crippen molar-refractivity contribution in [2.45, 2.75) is 37.8 Å². The molecular weight excluding hydrogens is 264 g/mol. The van der Waals surface area contributed by atoms with Gasteiger partial charge in [0, 0.05) is 31.5 Å². The minimum absolute atomic E-state index is 0.373. The van der Waals surface area contributed by atoms with Gasteiger partial charge in [-0.2, -0.15) is 0 Å². The van der Waals surface area contributed by atoms with Gasteiger partial charge in [0.1, 0.15) is 6.33 Å². The summed E-state index contributed by atoms with van der Waals surface area (Å²) in [6, 6.07) is 8.74. The normalized spacial score (nSPS) is 22.2. The van der Waals surface area contributed by atoms with Crippen LogP contribution in [0.2, 0.25) is 0 Å². The summed E-state index contributed by atoms with van der Waals surface area (Å²) >= 11 is 0. The van der Waals surface area contributed by atoms with Gasteiger partial charge in [0.05, 0.1) is 6.10 Å². The maximum absolute atomic E-state index is 5.51. The number of methoxy groups -OCH3 is 1. The fourth-order valence-corrected chi connectivity index (χ4v) is 3.04. The first-order valence-electron chi connectivity index (χ1n) is 7.50. The monoisotopic (exact) mass is 286 g/mol. The Morgan fingerprint density at radius 3 is 2.90 bits per heavy atom. The van der Waals surface area contributed by atoms with Crippen LogP contribution in [0.25, 0.3) is 11.4 Å². The highest BCUT2D eigenvalue weighted by molar-refractivity contribution is 5.73. The third-order valence-electron chi connectivity index (χ3n) is 4.20. The first-order valence-corrected chi connectivity index (χ1v) is 7.50. The van der Waals surface area contributed by atoms with Crippen molar-refractivity contribution < 1.29 is 4.74 Å². The van der Waals surface area contributed by atoms with E-state index in [2.05, 4.69) is 33.7 Å². The molecule has 3 rings (SSSR count). The minimum atomic E-state index is 0.373. The van der Waals surface area contributed by atoms with Gasteiger partial charge in [-0.3, -0.25) is 0 Å². The summed E-state index contributed by atoms with van der Waals surface area (Å²) in [5.41, 5.74) is 2.22. The van der Waals surface area contributed by atoms with Crippen LogP contribution in [0.1, 0.15) is 25.7 Å². The molecule has 2 atom stereocenters. The predicted octanol–water partition coefficient (Wildman–Crippen LogP) is 2.85. The topological polar surface area (TPSA) is 52.0 Å². The van der Waals surface area contributed by atoms with Crippen LogP contribution in [0.4, 0.5) is 5.69 Å². The molecule has 1 heterocycles. The number of benzene rings is 1. The van der Waals surface area contributed by atoms with Crippen LogP contribution in [0.5, 0.6) is 0 Å². The smallest absolute Gasteiger partial charge is 0.165 e. The molecule has 1 aliphatic carbocycles. The summed E-state index contributed by atoms with van der Waals surface area (Å²) in [7, 11) is 3.77. The van der Waals surface area contributed by atoms with E-state index in [1.54, 1.807) is 13.4 Å². The lowest BCUT2D eigenvalue weighted by Crippen LogP contribution is -2.31. The average Bonchev–Trinajstić information content (AvgIpc) is 2.94. The standard InChI is InChI=1S/C16H22N4O/c1-20-11-17-19-16(20)14-8-3-4-9-15(14)18-12-6-5-7-13(10-12)21-2/h3-4,8-9,11-13,18H,5-7,10H2,1-2H3. The van der Waals surface area contributed by atoms with Gasteiger partial charge in [-0.1, -0.05) is 12.1 Å². The molecule has 2 aromatic rings. The Morgan fingerprint density at radius 1 is 1.29 bits per heavy atom. The Labute approximate surface area is 125 Å². The number of nitrogens with one attached hydrogen (secondary N) is 1. The van der Waals surface area contributed by atoms with Gasteiger partial charge in [0.2, 0.25) is 0 Å². The van der Waals surface area contributed by atoms with Crippen LogP contribution in [-0.4, -0.2) is 34.0 Å². The molecule has 1 saturated carbocycles. The Kier molecular flexibility index (Phi) is 4.20. The highest BCUT2D eigenvalue weighted by Crippen LogP contribution is 2.29. The van der Waals surface area contributed by atoms with E-state index in [0.717, 1.165) is 23.5 Å². The molecule has 0 radical (unpaired) electrons. The molecule has 1 aromatic carbocycles. The largest absolute Gasteiger partial charge is 0.382 e. The SMILES string of the molecule is COC1CCCC(Nc2ccccc2-c2nncn2C)C1. The second-order valence-corrected chi connectivity index (χ2v) is 5.68. The predicted molar refractivity (Wildman–Crippen MR) is 83.1 cm³/mol. The van der Waals surface area contributed by atoms with E-state index in [9.17, 15) is 0 Å². The number of hydrogen-bond donors (Lipinski definition) is 1. The summed E-state index contributed by atoms with van der Waals surface area (Å²) in [6.45, 7) is 0. The lowest BCUT2D eigenvalue weighted by Gasteiger charge is -2.30. The van der Waals surface area contributed by atoms with Crippen molar-refractivity contribution in [2.75, 3.05) is 12.4 Å². The van der Waals surface area contributed by atoms with Crippen molar-refractivity contribution in [3.05, 3.63) is 30.6 Å². The fourth-order valence-electron chi connectivity index (χ4n) is 3.04. The van der Waals surface area contributed by atoms with Crippen molar-refractivity contribution in [3.63, 3.8) is 0 Å². The number of anilines is 1. The molecule has 1 fully saturated rings. The molecule has 0 spiro atoms. The number of aromatic nitrogens is 3. The van der Waals surface area contributed by atoms with Crippen molar-refractivity contribution in [1.82, 2.24) is 14.8 Å². The van der Waals surface area contributed by atoms with Gasteiger partial charge in [0.15, 0.2) is 5.82 Å². The lowest BCUT2D eigenvalue weighted by atomic mass is 9.92. The van der Waals surface area contributed by atoms with Crippen molar-refractivity contribution in [1.29, 1.82) is 0 Å². The number of hydrogen-bond acceptors (Lipinski definition) is 4. The Bertz CT molecular complexity index is 595. The maximum atomic E-state index is 5.51. The highest BCUT2D eigenvalue weighted by atomic mass is 16.5. The molecule has 21 heavy (non-hydrogen) atoms. The zero-order chi connectivity index (χ0) is 14.7. The van der Waals surface area contributed by atoms with Crippen LogP contribution in [0, 0.1) is 0 Å². The first kappa shape index (κ1) is 14.1. The van der Waals surface area contributed by atoms with Crippen LogP contribution < -0.4 is 5.32 Å². The summed E-state index contributed by atoms with van der Waals surface area (Å²) in [5, 5.41) is 11.9. The van der Waals surface area contributed by atoms with Gasteiger partial charge >= 0.3 is 0 Å². The molecule has 5 heteroatoms. The van der Waals surface area contributed by atoms with E-state index >= 15 is 0 Å². The highest BCUT2D eigenvalue weighted by Gasteiger charge is 2.22. The van der Waals surface area contributed by atoms with Gasteiger partial charge < -0.3 is 14.6 Å². The lowest BCUT2D eigenvalue weighted by molar-refractivity contribution is 0.0669. The quantitative estimate of drug-likeness (QED) is 0.939. The molecule has 2 unspecified atom stereocenters. The van der Waals surface area contributed by atoms with E-state index in [0.29, 0.717) is 12.1 Å². The Morgan fingerprint density at radius 2 is 2.14 bits per heavy atom. The number of aryl methyl sites for hydroxylation is 1. The zero-order valence-electron chi connectivity index (χ0n) is 12.6. The van der Waals surface area contributed by atoms with E-state index in [1.165, 1.54) is 19.3 Å². The van der Waals surface area contributed by atoms with Gasteiger partial charge in [-0.15, -0.1) is 10.2 Å². The van der Waals surface area contributed by atoms with Crippen LogP contribution in [0.3, 0.4) is 0 Å². The van der Waals surface area contributed by atoms with E-state index in [-0.39, 0.29) is 0 Å². The molecule has 1 aromatic heterocycles. The second kappa shape index (κ2) is 6.26. The van der Waals surface area contributed by atoms with E-state index in [1.807, 2.05) is 17.7 Å². The summed E-state index contributed by atoms with van der Waals surface area (Å²) < 4.78 is 7.46. The number of ether oxygens (including phenoxy) is 1. The van der Waals surface area contributed by atoms with E-state index in [4.69, 9.17) is 4.74 Å². The number of para-hydroxylation sites is 1. The van der Waals surface area contributed by atoms with Crippen molar-refractivity contribution >= 4 is 5.69 Å². The van der Waals surface area contributed by atoms with Crippen LogP contribution >= 0.6 is 0 Å². The van der Waals surface area contributed by atoms with Gasteiger partial charge in [-0.25, -0.2) is 0 Å². The van der Waals surface area contributed by atoms with Gasteiger partial charge in [-0.05, 0) is 37.8 Å². The van der Waals surface area contributed by atoms with Crippen LogP contribution in [-0.2, 0) is 11.8 Å². The summed E-state index contributed by atoms with van der Waals surface area (Å²) in [4.78, 5) is 0. The fraction of sp³-hybridized carbons (Fsp3) is 0.500. The number of nitrogens with zero attached hydrogens (tertiary/aromatic N) is 3. The molecule has 0 amide bonds. The third-order valence-corrected chi connectivity index (χ3v) is 4.20. The third kappa shape index (κ3) is 3.08. The molecule has 1 aliphatic rings. The second-order valence-electron chi connectivity index (χ2n) is 5.68. The van der Waals surface area contributed by atoms with Crippen molar-refractivity contribution in [2.24, 2.45) is 7.05 Å². The Balaban J connectivity index is 1.81. The summed E-state index contributed by atoms with van der Waals surface area (Å²) in [6.07, 6.45) is 6.73. The molecule has 0 saturated heterocycles. The summed E-state index contributed by atoms with van der Waals surface area (Å²) in [5.74, 6) is 0.886. The molecule has 0 aliphatic heterocycles. The molecule has 112 valence electrons. The molecule has 5 nitrogen and oxygen atoms in total.